The maximum atomic E-state index is 12.9. The van der Waals surface area contributed by atoms with Crippen LogP contribution in [0.25, 0.3) is 11.0 Å². The predicted octanol–water partition coefficient (Wildman–Crippen LogP) is 6.18. The van der Waals surface area contributed by atoms with Crippen molar-refractivity contribution >= 4 is 16.9 Å². The maximum Gasteiger partial charge on any atom is 0.252 e. The van der Waals surface area contributed by atoms with Crippen molar-refractivity contribution in [1.82, 2.24) is 14.9 Å². The fourth-order valence-electron chi connectivity index (χ4n) is 4.05. The van der Waals surface area contributed by atoms with Gasteiger partial charge in [0.05, 0.1) is 17.1 Å². The van der Waals surface area contributed by atoms with Gasteiger partial charge in [0.25, 0.3) is 5.91 Å². The highest BCUT2D eigenvalue weighted by molar-refractivity contribution is 5.95. The monoisotopic (exact) mass is 425 g/mol. The largest absolute Gasteiger partial charge is 0.342 e. The second kappa shape index (κ2) is 8.62. The van der Waals surface area contributed by atoms with Crippen molar-refractivity contribution in [2.75, 3.05) is 0 Å². The first-order chi connectivity index (χ1) is 15.2. The first-order valence-electron chi connectivity index (χ1n) is 11.1. The van der Waals surface area contributed by atoms with E-state index in [4.69, 9.17) is 4.98 Å². The number of hydrogen-bond acceptors (Lipinski definition) is 2. The van der Waals surface area contributed by atoms with Gasteiger partial charge >= 0.3 is 0 Å². The number of carbonyl (C=O) groups excluding carboxylic acids is 1. The minimum Gasteiger partial charge on any atom is -0.342 e. The molecule has 1 atom stereocenters. The van der Waals surface area contributed by atoms with E-state index in [9.17, 15) is 4.79 Å². The summed E-state index contributed by atoms with van der Waals surface area (Å²) < 4.78 is 2.21. The molecule has 0 fully saturated rings. The van der Waals surface area contributed by atoms with E-state index in [1.807, 2.05) is 56.3 Å². The topological polar surface area (TPSA) is 46.9 Å². The Balaban J connectivity index is 1.66. The number of aromatic nitrogens is 2. The molecule has 0 aliphatic heterocycles. The second-order valence-electron chi connectivity index (χ2n) is 9.50. The average molecular weight is 426 g/mol. The van der Waals surface area contributed by atoms with Gasteiger partial charge < -0.3 is 9.88 Å². The van der Waals surface area contributed by atoms with Gasteiger partial charge in [-0.3, -0.25) is 4.79 Å². The normalized spacial score (nSPS) is 12.7. The van der Waals surface area contributed by atoms with Crippen molar-refractivity contribution in [1.29, 1.82) is 0 Å². The smallest absolute Gasteiger partial charge is 0.252 e. The molecule has 0 saturated carbocycles. The van der Waals surface area contributed by atoms with Gasteiger partial charge in [-0.15, -0.1) is 0 Å². The first-order valence-corrected chi connectivity index (χ1v) is 11.1. The Morgan fingerprint density at radius 3 is 2.31 bits per heavy atom. The Bertz CT molecular complexity index is 1250. The third kappa shape index (κ3) is 4.45. The van der Waals surface area contributed by atoms with Gasteiger partial charge in [-0.25, -0.2) is 4.98 Å². The van der Waals surface area contributed by atoms with Crippen molar-refractivity contribution < 1.29 is 4.79 Å². The number of nitrogens with one attached hydrogen (secondary N) is 1. The standard InChI is InChI=1S/C28H31N3O/c1-19-10-6-7-11-23(19)27(32)29-20(2)26-30-24-12-8-9-13-25(24)31(26)18-21-14-16-22(17-15-21)28(3,4)5/h6-17,20H,18H2,1-5H3,(H,29,32). The molecule has 1 amide bonds. The molecular formula is C28H31N3O. The SMILES string of the molecule is Cc1ccccc1C(=O)NC(C)c1nc2ccccc2n1Cc1ccc(C(C)(C)C)cc1. The molecule has 0 bridgehead atoms. The molecule has 4 heteroatoms. The van der Waals surface area contributed by atoms with Crippen LogP contribution in [0.5, 0.6) is 0 Å². The van der Waals surface area contributed by atoms with Gasteiger partial charge in [-0.2, -0.15) is 0 Å². The quantitative estimate of drug-likeness (QED) is 0.415. The van der Waals surface area contributed by atoms with Crippen LogP contribution in [-0.4, -0.2) is 15.5 Å². The van der Waals surface area contributed by atoms with E-state index in [0.29, 0.717) is 12.1 Å². The molecule has 4 nitrogen and oxygen atoms in total. The Morgan fingerprint density at radius 2 is 1.62 bits per heavy atom. The highest BCUT2D eigenvalue weighted by atomic mass is 16.1. The van der Waals surface area contributed by atoms with Crippen LogP contribution in [-0.2, 0) is 12.0 Å². The number of para-hydroxylation sites is 2. The van der Waals surface area contributed by atoms with Gasteiger partial charge in [-0.1, -0.05) is 75.4 Å². The third-order valence-corrected chi connectivity index (χ3v) is 5.97. The van der Waals surface area contributed by atoms with E-state index < -0.39 is 0 Å². The number of imidazole rings is 1. The molecule has 1 aromatic heterocycles. The van der Waals surface area contributed by atoms with Gasteiger partial charge in [0, 0.05) is 12.1 Å². The number of nitrogens with zero attached hydrogens (tertiary/aromatic N) is 2. The number of hydrogen-bond donors (Lipinski definition) is 1. The molecule has 0 radical (unpaired) electrons. The molecule has 4 aromatic rings. The van der Waals surface area contributed by atoms with Crippen LogP contribution in [0, 0.1) is 6.92 Å². The number of rotatable bonds is 5. The molecule has 1 N–H and O–H groups in total. The molecule has 0 aliphatic carbocycles. The summed E-state index contributed by atoms with van der Waals surface area (Å²) >= 11 is 0. The van der Waals surface area contributed by atoms with Gasteiger partial charge in [0.2, 0.25) is 0 Å². The van der Waals surface area contributed by atoms with Crippen molar-refractivity contribution in [2.45, 2.75) is 52.6 Å². The fourth-order valence-corrected chi connectivity index (χ4v) is 4.05. The molecule has 0 aliphatic rings. The summed E-state index contributed by atoms with van der Waals surface area (Å²) in [6.07, 6.45) is 0. The molecule has 0 spiro atoms. The highest BCUT2D eigenvalue weighted by Gasteiger charge is 2.20. The van der Waals surface area contributed by atoms with Crippen LogP contribution in [0.4, 0.5) is 0 Å². The average Bonchev–Trinajstić information content (AvgIpc) is 3.12. The zero-order valence-corrected chi connectivity index (χ0v) is 19.5. The van der Waals surface area contributed by atoms with E-state index in [2.05, 4.69) is 61.0 Å². The lowest BCUT2D eigenvalue weighted by atomic mass is 9.87. The van der Waals surface area contributed by atoms with Crippen LogP contribution in [0.3, 0.4) is 0 Å². The lowest BCUT2D eigenvalue weighted by molar-refractivity contribution is 0.0937. The minimum absolute atomic E-state index is 0.0799. The van der Waals surface area contributed by atoms with Crippen molar-refractivity contribution in [3.63, 3.8) is 0 Å². The van der Waals surface area contributed by atoms with Crippen LogP contribution >= 0.6 is 0 Å². The van der Waals surface area contributed by atoms with Crippen LogP contribution < -0.4 is 5.32 Å². The first kappa shape index (κ1) is 21.8. The zero-order chi connectivity index (χ0) is 22.9. The van der Waals surface area contributed by atoms with E-state index >= 15 is 0 Å². The molecule has 1 heterocycles. The summed E-state index contributed by atoms with van der Waals surface area (Å²) in [5.74, 6) is 0.775. The van der Waals surface area contributed by atoms with Crippen LogP contribution in [0.15, 0.2) is 72.8 Å². The number of amides is 1. The van der Waals surface area contributed by atoms with Crippen molar-refractivity contribution in [2.24, 2.45) is 0 Å². The van der Waals surface area contributed by atoms with Crippen molar-refractivity contribution in [3.05, 3.63) is 101 Å². The summed E-state index contributed by atoms with van der Waals surface area (Å²) in [6, 6.07) is 24.3. The molecule has 4 rings (SSSR count). The highest BCUT2D eigenvalue weighted by Crippen LogP contribution is 2.25. The summed E-state index contributed by atoms with van der Waals surface area (Å²) in [4.78, 5) is 17.8. The lowest BCUT2D eigenvalue weighted by Crippen LogP contribution is -2.29. The van der Waals surface area contributed by atoms with Crippen LogP contribution in [0.2, 0.25) is 0 Å². The number of aryl methyl sites for hydroxylation is 1. The molecule has 32 heavy (non-hydrogen) atoms. The Morgan fingerprint density at radius 1 is 0.969 bits per heavy atom. The van der Waals surface area contributed by atoms with Crippen LogP contribution in [0.1, 0.15) is 66.6 Å². The fraction of sp³-hybridized carbons (Fsp3) is 0.286. The number of carbonyl (C=O) groups is 1. The predicted molar refractivity (Wildman–Crippen MR) is 131 cm³/mol. The lowest BCUT2D eigenvalue weighted by Gasteiger charge is -2.20. The van der Waals surface area contributed by atoms with Gasteiger partial charge in [-0.05, 0) is 54.2 Å². The summed E-state index contributed by atoms with van der Waals surface area (Å²) in [5, 5.41) is 3.15. The van der Waals surface area contributed by atoms with Crippen molar-refractivity contribution in [3.8, 4) is 0 Å². The molecule has 0 saturated heterocycles. The summed E-state index contributed by atoms with van der Waals surface area (Å²) in [5.41, 5.74) is 6.31. The van der Waals surface area contributed by atoms with E-state index in [1.165, 1.54) is 11.1 Å². The number of benzene rings is 3. The Labute approximate surface area is 190 Å². The maximum absolute atomic E-state index is 12.9. The second-order valence-corrected chi connectivity index (χ2v) is 9.50. The molecular weight excluding hydrogens is 394 g/mol. The van der Waals surface area contributed by atoms with Gasteiger partial charge in [0.15, 0.2) is 0 Å². The molecule has 164 valence electrons. The third-order valence-electron chi connectivity index (χ3n) is 5.97. The summed E-state index contributed by atoms with van der Waals surface area (Å²) in [6.45, 7) is 11.3. The minimum atomic E-state index is -0.233. The van der Waals surface area contributed by atoms with E-state index in [-0.39, 0.29) is 17.4 Å². The van der Waals surface area contributed by atoms with E-state index in [0.717, 1.165) is 22.4 Å². The Hall–Kier alpha value is -3.40. The molecule has 3 aromatic carbocycles. The van der Waals surface area contributed by atoms with E-state index in [1.54, 1.807) is 0 Å². The zero-order valence-electron chi connectivity index (χ0n) is 19.5. The Kier molecular flexibility index (Phi) is 5.88. The number of fused-ring (bicyclic) bond motifs is 1. The summed E-state index contributed by atoms with van der Waals surface area (Å²) in [7, 11) is 0. The molecule has 1 unspecified atom stereocenters. The van der Waals surface area contributed by atoms with Gasteiger partial charge in [0.1, 0.15) is 5.82 Å².